The fourth-order valence-corrected chi connectivity index (χ4v) is 0. The van der Waals surface area contributed by atoms with Gasteiger partial charge in [0, 0.05) is 53.8 Å². The molecule has 0 aromatic carbocycles. The van der Waals surface area contributed by atoms with Crippen molar-refractivity contribution in [3.63, 3.8) is 0 Å². The van der Waals surface area contributed by atoms with Crippen LogP contribution in [-0.4, -0.2) is 19.6 Å². The molecule has 0 N–H and O–H groups in total. The SMILES string of the molecule is C=[PH](C)C.[CH2-]C.[W].[Y]. The summed E-state index contributed by atoms with van der Waals surface area (Å²) in [6.07, 6.45) is 3.74. The molecule has 0 spiro atoms. The van der Waals surface area contributed by atoms with Gasteiger partial charge in [0.1, 0.15) is 0 Å². The Morgan fingerprint density at radius 1 is 1.25 bits per heavy atom. The Balaban J connectivity index is -0.0000000183. The van der Waals surface area contributed by atoms with Crippen molar-refractivity contribution in [1.82, 2.24) is 0 Å². The van der Waals surface area contributed by atoms with Crippen LogP contribution in [0, 0.1) is 6.92 Å². The normalized spacial score (nSPS) is 5.12. The van der Waals surface area contributed by atoms with Gasteiger partial charge in [-0.25, -0.2) is 0 Å². The Morgan fingerprint density at radius 2 is 1.25 bits per heavy atom. The maximum atomic E-state index is 3.74. The second kappa shape index (κ2) is 23.0. The first-order chi connectivity index (χ1) is 2.73. The van der Waals surface area contributed by atoms with E-state index in [1.807, 2.05) is 0 Å². The van der Waals surface area contributed by atoms with Crippen molar-refractivity contribution in [2.24, 2.45) is 0 Å². The molecule has 0 amide bonds. The summed E-state index contributed by atoms with van der Waals surface area (Å²) >= 11 is 0. The van der Waals surface area contributed by atoms with E-state index in [2.05, 4.69) is 26.6 Å². The Morgan fingerprint density at radius 3 is 1.25 bits per heavy atom. The van der Waals surface area contributed by atoms with Crippen LogP contribution in [0.5, 0.6) is 0 Å². The van der Waals surface area contributed by atoms with Crippen molar-refractivity contribution in [2.75, 3.05) is 13.3 Å². The van der Waals surface area contributed by atoms with Crippen LogP contribution in [0.15, 0.2) is 0 Å². The molecule has 49 valence electrons. The Labute approximate surface area is 93.7 Å². The molecular formula is C5H14PWY-. The predicted molar refractivity (Wildman–Crippen MR) is 38.3 cm³/mol. The monoisotopic (exact) mass is 378 g/mol. The van der Waals surface area contributed by atoms with Crippen LogP contribution in [0.25, 0.3) is 0 Å². The second-order valence-corrected chi connectivity index (χ2v) is 3.62. The third-order valence-electron chi connectivity index (χ3n) is 0. The van der Waals surface area contributed by atoms with Crippen LogP contribution >= 0.6 is 7.55 Å². The molecule has 1 radical (unpaired) electrons. The Kier molecular flexibility index (Phi) is 64.5. The van der Waals surface area contributed by atoms with Crippen molar-refractivity contribution < 1.29 is 53.8 Å². The summed E-state index contributed by atoms with van der Waals surface area (Å²) in [5.41, 5.74) is 0. The van der Waals surface area contributed by atoms with Crippen LogP contribution in [0.2, 0.25) is 0 Å². The largest absolute Gasteiger partial charge is 0.346 e. The number of hydrogen-bond donors (Lipinski definition) is 0. The molecule has 0 atom stereocenters. The average Bonchev–Trinajstić information content (AvgIpc) is 1.41. The molecule has 3 heteroatoms. The van der Waals surface area contributed by atoms with E-state index < -0.39 is 0 Å². The molecule has 0 aromatic heterocycles. The molecule has 0 aliphatic heterocycles. The van der Waals surface area contributed by atoms with Crippen LogP contribution < -0.4 is 0 Å². The first-order valence-electron chi connectivity index (χ1n) is 2.06. The smallest absolute Gasteiger partial charge is 0 e. The van der Waals surface area contributed by atoms with Crippen LogP contribution in [0.1, 0.15) is 6.92 Å². The van der Waals surface area contributed by atoms with E-state index in [1.165, 1.54) is 0 Å². The van der Waals surface area contributed by atoms with E-state index in [1.54, 1.807) is 6.92 Å². The van der Waals surface area contributed by atoms with Gasteiger partial charge in [-0.05, 0) is 13.3 Å². The Bertz CT molecular complexity index is 35.4. The van der Waals surface area contributed by atoms with Gasteiger partial charge in [0.2, 0.25) is 0 Å². The average molecular weight is 378 g/mol. The van der Waals surface area contributed by atoms with Gasteiger partial charge in [0.25, 0.3) is 0 Å². The van der Waals surface area contributed by atoms with Crippen molar-refractivity contribution in [3.05, 3.63) is 6.92 Å². The maximum absolute atomic E-state index is 3.74. The van der Waals surface area contributed by atoms with E-state index in [0.717, 1.165) is 0 Å². The zero-order valence-electron chi connectivity index (χ0n) is 5.90. The van der Waals surface area contributed by atoms with Crippen molar-refractivity contribution in [2.45, 2.75) is 6.92 Å². The van der Waals surface area contributed by atoms with E-state index in [-0.39, 0.29) is 61.3 Å². The van der Waals surface area contributed by atoms with E-state index in [4.69, 9.17) is 0 Å². The molecule has 8 heavy (non-hydrogen) atoms. The number of hydrogen-bond acceptors (Lipinski definition) is 0. The summed E-state index contributed by atoms with van der Waals surface area (Å²) < 4.78 is 0. The molecule has 0 fully saturated rings. The topological polar surface area (TPSA) is 0 Å². The molecule has 0 saturated carbocycles. The minimum absolute atomic E-state index is 0. The maximum Gasteiger partial charge on any atom is 0 e. The summed E-state index contributed by atoms with van der Waals surface area (Å²) in [7, 11) is -0.130. The van der Waals surface area contributed by atoms with Crippen LogP contribution in [0.3, 0.4) is 0 Å². The standard InChI is InChI=1S/C3H9P.C2H5.W.Y/c1-4(2)3;1-2;;/h4H,1H2,2-3H3;1H2,2H3;;/q;-1;;. The zero-order chi connectivity index (χ0) is 5.58. The molecule has 0 aliphatic carbocycles. The summed E-state index contributed by atoms with van der Waals surface area (Å²) in [5, 5.41) is 0. The molecule has 0 aliphatic rings. The first-order valence-corrected chi connectivity index (χ1v) is 4.77. The zero-order valence-corrected chi connectivity index (χ0v) is 12.7. The van der Waals surface area contributed by atoms with Crippen molar-refractivity contribution >= 4 is 13.8 Å². The fourth-order valence-electron chi connectivity index (χ4n) is 0. The van der Waals surface area contributed by atoms with Crippen LogP contribution in [0.4, 0.5) is 0 Å². The summed E-state index contributed by atoms with van der Waals surface area (Å²) in [6.45, 7) is 9.31. The van der Waals surface area contributed by atoms with Crippen molar-refractivity contribution in [1.29, 1.82) is 0 Å². The molecular weight excluding hydrogens is 364 g/mol. The molecule has 0 unspecified atom stereocenters. The van der Waals surface area contributed by atoms with E-state index >= 15 is 0 Å². The predicted octanol–water partition coefficient (Wildman–Crippen LogP) is 1.73. The summed E-state index contributed by atoms with van der Waals surface area (Å²) in [5.74, 6) is 0. The first kappa shape index (κ1) is 22.5. The summed E-state index contributed by atoms with van der Waals surface area (Å²) in [4.78, 5) is 0. The molecule has 0 saturated heterocycles. The van der Waals surface area contributed by atoms with Gasteiger partial charge in [0.15, 0.2) is 0 Å². The fraction of sp³-hybridized carbons (Fsp3) is 0.600. The molecule has 0 aromatic rings. The molecule has 0 heterocycles. The Hall–Kier alpha value is 2.09. The second-order valence-electron chi connectivity index (χ2n) is 1.21. The van der Waals surface area contributed by atoms with Gasteiger partial charge in [0.05, 0.1) is 0 Å². The van der Waals surface area contributed by atoms with Gasteiger partial charge < -0.3 is 6.92 Å². The quantitative estimate of drug-likeness (QED) is 0.445. The molecule has 0 rings (SSSR count). The number of rotatable bonds is 0. The van der Waals surface area contributed by atoms with Gasteiger partial charge in [-0.15, -0.1) is 13.8 Å². The van der Waals surface area contributed by atoms with Crippen LogP contribution in [-0.2, 0) is 53.8 Å². The van der Waals surface area contributed by atoms with Gasteiger partial charge in [-0.2, -0.15) is 6.92 Å². The summed E-state index contributed by atoms with van der Waals surface area (Å²) in [6, 6.07) is 0. The van der Waals surface area contributed by atoms with Gasteiger partial charge in [-0.1, -0.05) is 0 Å². The minimum Gasteiger partial charge on any atom is -0.346 e. The van der Waals surface area contributed by atoms with E-state index in [9.17, 15) is 0 Å². The van der Waals surface area contributed by atoms with Gasteiger partial charge >= 0.3 is 0 Å². The minimum atomic E-state index is -0.130. The third kappa shape index (κ3) is 93.0. The molecule has 0 bridgehead atoms. The molecule has 0 nitrogen and oxygen atoms in total. The van der Waals surface area contributed by atoms with Crippen molar-refractivity contribution in [3.8, 4) is 0 Å². The third-order valence-corrected chi connectivity index (χ3v) is 0. The van der Waals surface area contributed by atoms with Gasteiger partial charge in [-0.3, -0.25) is 0 Å². The van der Waals surface area contributed by atoms with E-state index in [0.29, 0.717) is 0 Å².